The van der Waals surface area contributed by atoms with E-state index in [1.54, 1.807) is 5.38 Å². The van der Waals surface area contributed by atoms with Crippen molar-refractivity contribution < 1.29 is 14.3 Å². The second-order valence-electron chi connectivity index (χ2n) is 8.91. The molecular weight excluding hydrogens is 446 g/mol. The fraction of sp³-hybridized carbons (Fsp3) is 0.370. The molecule has 0 saturated carbocycles. The lowest BCUT2D eigenvalue weighted by Crippen LogP contribution is -2.40. The fourth-order valence-electron chi connectivity index (χ4n) is 4.32. The minimum Gasteiger partial charge on any atom is -0.486 e. The Hall–Kier alpha value is -3.19. The average molecular weight is 478 g/mol. The second kappa shape index (κ2) is 10.4. The van der Waals surface area contributed by atoms with E-state index < -0.39 is 0 Å². The van der Waals surface area contributed by atoms with Gasteiger partial charge in [-0.25, -0.2) is 4.98 Å². The summed E-state index contributed by atoms with van der Waals surface area (Å²) in [6.45, 7) is 8.81. The van der Waals surface area contributed by atoms with Crippen LogP contribution in [0.5, 0.6) is 5.75 Å². The Kier molecular flexibility index (Phi) is 7.32. The van der Waals surface area contributed by atoms with E-state index in [-0.39, 0.29) is 30.5 Å². The van der Waals surface area contributed by atoms with Crippen LogP contribution in [0.4, 0.5) is 0 Å². The van der Waals surface area contributed by atoms with Crippen LogP contribution in [0.25, 0.3) is 0 Å². The van der Waals surface area contributed by atoms with E-state index in [9.17, 15) is 9.59 Å². The minimum absolute atomic E-state index is 0.0601. The van der Waals surface area contributed by atoms with Crippen molar-refractivity contribution in [2.75, 3.05) is 6.54 Å². The van der Waals surface area contributed by atoms with Crippen molar-refractivity contribution in [3.05, 3.63) is 80.8 Å². The lowest BCUT2D eigenvalue weighted by atomic mass is 9.87. The molecule has 0 bridgehead atoms. The molecule has 0 spiro atoms. The van der Waals surface area contributed by atoms with E-state index in [0.717, 1.165) is 28.3 Å². The highest BCUT2D eigenvalue weighted by molar-refractivity contribution is 7.09. The maximum atomic E-state index is 12.8. The van der Waals surface area contributed by atoms with E-state index in [2.05, 4.69) is 47.6 Å². The molecule has 1 atom stereocenters. The number of rotatable bonds is 7. The number of carbonyl (C=O) groups is 2. The standard InChI is InChI=1S/C27H31N3O3S/c1-5-25(31)30-12-11-19-9-10-21(14-22(19)26(30)20-8-6-7-18(4)13-20)33-15-24-29-23(16-34-24)27(32)28-17(2)3/h6-10,13-14,16-17,26H,5,11-12,15H2,1-4H3,(H,28,32). The van der Waals surface area contributed by atoms with Crippen molar-refractivity contribution in [1.29, 1.82) is 0 Å². The van der Waals surface area contributed by atoms with Gasteiger partial charge in [-0.1, -0.05) is 42.8 Å². The van der Waals surface area contributed by atoms with Crippen molar-refractivity contribution in [3.63, 3.8) is 0 Å². The monoisotopic (exact) mass is 477 g/mol. The van der Waals surface area contributed by atoms with Gasteiger partial charge in [-0.15, -0.1) is 11.3 Å². The van der Waals surface area contributed by atoms with Gasteiger partial charge in [0.15, 0.2) is 0 Å². The van der Waals surface area contributed by atoms with Crippen LogP contribution in [0.1, 0.15) is 71.0 Å². The third-order valence-electron chi connectivity index (χ3n) is 5.89. The predicted molar refractivity (Wildman–Crippen MR) is 134 cm³/mol. The molecule has 0 fully saturated rings. The molecule has 1 N–H and O–H groups in total. The third-order valence-corrected chi connectivity index (χ3v) is 6.72. The zero-order chi connectivity index (χ0) is 24.2. The van der Waals surface area contributed by atoms with Crippen LogP contribution in [-0.2, 0) is 17.8 Å². The normalized spacial score (nSPS) is 15.2. The lowest BCUT2D eigenvalue weighted by molar-refractivity contribution is -0.132. The van der Waals surface area contributed by atoms with Gasteiger partial charge in [0, 0.05) is 24.4 Å². The van der Waals surface area contributed by atoms with E-state index in [1.807, 2.05) is 37.8 Å². The van der Waals surface area contributed by atoms with Crippen LogP contribution < -0.4 is 10.1 Å². The highest BCUT2D eigenvalue weighted by atomic mass is 32.1. The number of nitrogens with one attached hydrogen (secondary N) is 1. The SMILES string of the molecule is CCC(=O)N1CCc2ccc(OCc3nc(C(=O)NC(C)C)cs3)cc2C1c1cccc(C)c1. The summed E-state index contributed by atoms with van der Waals surface area (Å²) in [4.78, 5) is 31.4. The van der Waals surface area contributed by atoms with Crippen molar-refractivity contribution in [1.82, 2.24) is 15.2 Å². The minimum atomic E-state index is -0.173. The zero-order valence-corrected chi connectivity index (χ0v) is 20.9. The Morgan fingerprint density at radius 3 is 2.79 bits per heavy atom. The fourth-order valence-corrected chi connectivity index (χ4v) is 5.00. The zero-order valence-electron chi connectivity index (χ0n) is 20.1. The molecule has 2 amide bonds. The molecule has 1 aliphatic heterocycles. The average Bonchev–Trinajstić information content (AvgIpc) is 3.30. The molecule has 178 valence electrons. The highest BCUT2D eigenvalue weighted by Crippen LogP contribution is 2.38. The summed E-state index contributed by atoms with van der Waals surface area (Å²) in [6, 6.07) is 14.4. The number of thiazole rings is 1. The number of nitrogens with zero attached hydrogens (tertiary/aromatic N) is 2. The van der Waals surface area contributed by atoms with Crippen molar-refractivity contribution in [2.24, 2.45) is 0 Å². The van der Waals surface area contributed by atoms with Gasteiger partial charge in [0.1, 0.15) is 23.1 Å². The second-order valence-corrected chi connectivity index (χ2v) is 9.85. The smallest absolute Gasteiger partial charge is 0.270 e. The molecule has 0 saturated heterocycles. The van der Waals surface area contributed by atoms with Crippen LogP contribution in [0, 0.1) is 6.92 Å². The number of fused-ring (bicyclic) bond motifs is 1. The summed E-state index contributed by atoms with van der Waals surface area (Å²) in [5.41, 5.74) is 5.03. The van der Waals surface area contributed by atoms with Gasteiger partial charge in [-0.3, -0.25) is 9.59 Å². The molecule has 2 heterocycles. The Bertz CT molecular complexity index is 1190. The lowest BCUT2D eigenvalue weighted by Gasteiger charge is -2.38. The first-order chi connectivity index (χ1) is 16.4. The molecule has 1 unspecified atom stereocenters. The summed E-state index contributed by atoms with van der Waals surface area (Å²) in [7, 11) is 0. The number of benzene rings is 2. The topological polar surface area (TPSA) is 71.5 Å². The molecule has 34 heavy (non-hydrogen) atoms. The van der Waals surface area contributed by atoms with Gasteiger partial charge < -0.3 is 15.0 Å². The Morgan fingerprint density at radius 2 is 2.06 bits per heavy atom. The molecule has 0 aliphatic carbocycles. The van der Waals surface area contributed by atoms with Crippen LogP contribution in [0.15, 0.2) is 47.8 Å². The van der Waals surface area contributed by atoms with E-state index in [0.29, 0.717) is 18.7 Å². The van der Waals surface area contributed by atoms with Gasteiger partial charge in [-0.2, -0.15) is 0 Å². The van der Waals surface area contributed by atoms with E-state index >= 15 is 0 Å². The molecule has 1 aliphatic rings. The summed E-state index contributed by atoms with van der Waals surface area (Å²) < 4.78 is 6.08. The van der Waals surface area contributed by atoms with Crippen molar-refractivity contribution >= 4 is 23.2 Å². The molecule has 3 aromatic rings. The number of hydrogen-bond acceptors (Lipinski definition) is 5. The molecule has 4 rings (SSSR count). The number of aromatic nitrogens is 1. The Labute approximate surface area is 205 Å². The third kappa shape index (κ3) is 5.30. The molecular formula is C27H31N3O3S. The Balaban J connectivity index is 1.58. The number of amides is 2. The van der Waals surface area contributed by atoms with Gasteiger partial charge >= 0.3 is 0 Å². The van der Waals surface area contributed by atoms with Crippen molar-refractivity contribution in [2.45, 2.75) is 59.2 Å². The maximum Gasteiger partial charge on any atom is 0.270 e. The molecule has 2 aromatic carbocycles. The Morgan fingerprint density at radius 1 is 1.24 bits per heavy atom. The summed E-state index contributed by atoms with van der Waals surface area (Å²) in [5, 5.41) is 5.35. The largest absolute Gasteiger partial charge is 0.486 e. The maximum absolute atomic E-state index is 12.8. The molecule has 6 nitrogen and oxygen atoms in total. The number of carbonyl (C=O) groups excluding carboxylic acids is 2. The van der Waals surface area contributed by atoms with Gasteiger partial charge in [0.25, 0.3) is 5.91 Å². The van der Waals surface area contributed by atoms with Gasteiger partial charge in [0.05, 0.1) is 6.04 Å². The van der Waals surface area contributed by atoms with E-state index in [1.165, 1.54) is 22.5 Å². The first-order valence-electron chi connectivity index (χ1n) is 11.7. The number of ether oxygens (including phenoxy) is 1. The number of aryl methyl sites for hydroxylation is 1. The van der Waals surface area contributed by atoms with Gasteiger partial charge in [-0.05, 0) is 56.0 Å². The summed E-state index contributed by atoms with van der Waals surface area (Å²) in [5.74, 6) is 0.706. The number of hydrogen-bond donors (Lipinski definition) is 1. The summed E-state index contributed by atoms with van der Waals surface area (Å²) in [6.07, 6.45) is 1.30. The summed E-state index contributed by atoms with van der Waals surface area (Å²) >= 11 is 1.41. The van der Waals surface area contributed by atoms with Crippen LogP contribution in [0.3, 0.4) is 0 Å². The highest BCUT2D eigenvalue weighted by Gasteiger charge is 2.31. The molecule has 1 aromatic heterocycles. The van der Waals surface area contributed by atoms with Crippen LogP contribution >= 0.6 is 11.3 Å². The first-order valence-corrected chi connectivity index (χ1v) is 12.6. The molecule has 0 radical (unpaired) electrons. The van der Waals surface area contributed by atoms with Crippen molar-refractivity contribution in [3.8, 4) is 5.75 Å². The van der Waals surface area contributed by atoms with E-state index in [4.69, 9.17) is 4.74 Å². The first kappa shape index (κ1) is 24.0. The van der Waals surface area contributed by atoms with Gasteiger partial charge in [0.2, 0.25) is 5.91 Å². The van der Waals surface area contributed by atoms with Crippen LogP contribution in [0.2, 0.25) is 0 Å². The quantitative estimate of drug-likeness (QED) is 0.517. The van der Waals surface area contributed by atoms with Crippen LogP contribution in [-0.4, -0.2) is 34.3 Å². The molecule has 7 heteroatoms. The predicted octanol–water partition coefficient (Wildman–Crippen LogP) is 5.05.